The van der Waals surface area contributed by atoms with Gasteiger partial charge in [0.05, 0.1) is 6.54 Å². The quantitative estimate of drug-likeness (QED) is 0.839. The molecule has 0 atom stereocenters. The van der Waals surface area contributed by atoms with Crippen molar-refractivity contribution in [2.45, 2.75) is 6.54 Å². The van der Waals surface area contributed by atoms with E-state index < -0.39 is 11.8 Å². The fourth-order valence-electron chi connectivity index (χ4n) is 1.60. The Hall–Kier alpha value is -2.50. The molecule has 0 spiro atoms. The summed E-state index contributed by atoms with van der Waals surface area (Å²) in [7, 11) is 0. The van der Waals surface area contributed by atoms with Gasteiger partial charge in [0.25, 0.3) is 0 Å². The average Bonchev–Trinajstić information content (AvgIpc) is 2.75. The van der Waals surface area contributed by atoms with E-state index in [0.29, 0.717) is 17.8 Å². The molecule has 1 heterocycles. The van der Waals surface area contributed by atoms with Crippen LogP contribution >= 0.6 is 0 Å². The molecule has 0 aliphatic carbocycles. The van der Waals surface area contributed by atoms with Gasteiger partial charge >= 0.3 is 5.97 Å². The Balaban J connectivity index is 2.58. The number of allylic oxidation sites excluding steroid dienone is 1. The van der Waals surface area contributed by atoms with E-state index in [-0.39, 0.29) is 5.69 Å². The molecule has 1 aromatic carbocycles. The highest BCUT2D eigenvalue weighted by Gasteiger charge is 2.19. The van der Waals surface area contributed by atoms with Gasteiger partial charge < -0.3 is 5.11 Å². The predicted molar refractivity (Wildman–Crippen MR) is 62.6 cm³/mol. The van der Waals surface area contributed by atoms with Gasteiger partial charge in [-0.3, -0.25) is 0 Å². The Kier molecular flexibility index (Phi) is 3.18. The second-order valence-electron chi connectivity index (χ2n) is 3.57. The molecule has 0 aliphatic heterocycles. The highest BCUT2D eigenvalue weighted by molar-refractivity contribution is 5.92. The number of halogens is 1. The lowest BCUT2D eigenvalue weighted by molar-refractivity contribution is 0.0691. The molecule has 0 saturated carbocycles. The Bertz CT molecular complexity index is 590. The Morgan fingerprint density at radius 1 is 1.44 bits per heavy atom. The molecule has 6 heteroatoms. The third-order valence-corrected chi connectivity index (χ3v) is 2.36. The van der Waals surface area contributed by atoms with E-state index in [0.717, 1.165) is 0 Å². The molecule has 1 aromatic heterocycles. The molecule has 0 bridgehead atoms. The largest absolute Gasteiger partial charge is 0.476 e. The summed E-state index contributed by atoms with van der Waals surface area (Å²) in [6, 6.07) is 5.48. The van der Waals surface area contributed by atoms with Crippen molar-refractivity contribution < 1.29 is 14.3 Å². The second kappa shape index (κ2) is 4.79. The van der Waals surface area contributed by atoms with Gasteiger partial charge in [0.2, 0.25) is 0 Å². The minimum Gasteiger partial charge on any atom is -0.476 e. The van der Waals surface area contributed by atoms with Gasteiger partial charge in [-0.15, -0.1) is 11.7 Å². The van der Waals surface area contributed by atoms with E-state index in [1.54, 1.807) is 6.08 Å². The van der Waals surface area contributed by atoms with Crippen molar-refractivity contribution in [3.63, 3.8) is 0 Å². The normalized spacial score (nSPS) is 10.3. The molecule has 0 radical (unpaired) electrons. The van der Waals surface area contributed by atoms with E-state index in [1.165, 1.54) is 28.9 Å². The van der Waals surface area contributed by atoms with E-state index in [4.69, 9.17) is 5.11 Å². The minimum atomic E-state index is -1.18. The van der Waals surface area contributed by atoms with Crippen molar-refractivity contribution in [2.75, 3.05) is 0 Å². The van der Waals surface area contributed by atoms with Crippen molar-refractivity contribution in [3.05, 3.63) is 48.4 Å². The number of hydrogen-bond donors (Lipinski definition) is 1. The third kappa shape index (κ3) is 2.13. The number of benzene rings is 1. The van der Waals surface area contributed by atoms with Gasteiger partial charge in [0.1, 0.15) is 11.5 Å². The average molecular weight is 247 g/mol. The zero-order chi connectivity index (χ0) is 13.1. The van der Waals surface area contributed by atoms with Crippen molar-refractivity contribution in [1.29, 1.82) is 0 Å². The first-order valence-corrected chi connectivity index (χ1v) is 5.17. The van der Waals surface area contributed by atoms with Gasteiger partial charge in [-0.05, 0) is 24.3 Å². The molecular formula is C12H10FN3O2. The zero-order valence-electron chi connectivity index (χ0n) is 9.38. The molecule has 1 N–H and O–H groups in total. The van der Waals surface area contributed by atoms with Gasteiger partial charge in [-0.1, -0.05) is 11.3 Å². The number of rotatable bonds is 4. The minimum absolute atomic E-state index is 0.163. The van der Waals surface area contributed by atoms with Crippen LogP contribution in [0.5, 0.6) is 0 Å². The highest BCUT2D eigenvalue weighted by Crippen LogP contribution is 2.22. The van der Waals surface area contributed by atoms with E-state index in [2.05, 4.69) is 16.9 Å². The molecule has 2 aromatic rings. The number of nitrogens with zero attached hydrogens (tertiary/aromatic N) is 3. The van der Waals surface area contributed by atoms with Crippen LogP contribution in [0.3, 0.4) is 0 Å². The summed E-state index contributed by atoms with van der Waals surface area (Å²) in [5.41, 5.74) is 0.714. The third-order valence-electron chi connectivity index (χ3n) is 2.36. The molecule has 5 nitrogen and oxygen atoms in total. The molecule has 0 fully saturated rings. The van der Waals surface area contributed by atoms with Gasteiger partial charge in [0.15, 0.2) is 5.69 Å². The lowest BCUT2D eigenvalue weighted by Crippen LogP contribution is -2.03. The van der Waals surface area contributed by atoms with Crippen LogP contribution in [-0.2, 0) is 6.54 Å². The Morgan fingerprint density at radius 2 is 2.11 bits per heavy atom. The number of aromatic nitrogens is 3. The van der Waals surface area contributed by atoms with Crippen LogP contribution in [0.15, 0.2) is 36.9 Å². The summed E-state index contributed by atoms with van der Waals surface area (Å²) in [5.74, 6) is -1.57. The Morgan fingerprint density at radius 3 is 2.67 bits per heavy atom. The first kappa shape index (κ1) is 12.0. The number of aromatic carboxylic acids is 1. The fraction of sp³-hybridized carbons (Fsp3) is 0.0833. The summed E-state index contributed by atoms with van der Waals surface area (Å²) in [4.78, 5) is 11.1. The second-order valence-corrected chi connectivity index (χ2v) is 3.57. The molecular weight excluding hydrogens is 237 g/mol. The van der Waals surface area contributed by atoms with Crippen LogP contribution in [0.4, 0.5) is 4.39 Å². The maximum Gasteiger partial charge on any atom is 0.358 e. The first-order valence-electron chi connectivity index (χ1n) is 5.17. The highest BCUT2D eigenvalue weighted by atomic mass is 19.1. The Labute approximate surface area is 102 Å². The maximum atomic E-state index is 12.9. The van der Waals surface area contributed by atoms with Crippen molar-refractivity contribution >= 4 is 5.97 Å². The lowest BCUT2D eigenvalue weighted by atomic mass is 10.1. The summed E-state index contributed by atoms with van der Waals surface area (Å²) in [6.07, 6.45) is 1.58. The number of carboxylic acids is 1. The molecule has 0 saturated heterocycles. The number of carboxylic acid groups (broad SMARTS) is 1. The lowest BCUT2D eigenvalue weighted by Gasteiger charge is -2.04. The monoisotopic (exact) mass is 247 g/mol. The van der Waals surface area contributed by atoms with E-state index in [1.807, 2.05) is 0 Å². The van der Waals surface area contributed by atoms with E-state index in [9.17, 15) is 9.18 Å². The summed E-state index contributed by atoms with van der Waals surface area (Å²) in [5, 5.41) is 16.4. The van der Waals surface area contributed by atoms with Crippen LogP contribution in [0, 0.1) is 5.82 Å². The zero-order valence-corrected chi connectivity index (χ0v) is 9.38. The smallest absolute Gasteiger partial charge is 0.358 e. The van der Waals surface area contributed by atoms with Gasteiger partial charge in [0, 0.05) is 5.56 Å². The van der Waals surface area contributed by atoms with Gasteiger partial charge in [-0.25, -0.2) is 13.9 Å². The van der Waals surface area contributed by atoms with E-state index >= 15 is 0 Å². The molecule has 2 rings (SSSR count). The predicted octanol–water partition coefficient (Wildman–Crippen LogP) is 1.97. The van der Waals surface area contributed by atoms with Crippen LogP contribution in [0.2, 0.25) is 0 Å². The number of carbonyl (C=O) groups is 1. The molecule has 0 unspecified atom stereocenters. The van der Waals surface area contributed by atoms with Crippen molar-refractivity contribution in [1.82, 2.24) is 15.0 Å². The molecule has 92 valence electrons. The summed E-state index contributed by atoms with van der Waals surface area (Å²) < 4.78 is 14.3. The summed E-state index contributed by atoms with van der Waals surface area (Å²) in [6.45, 7) is 3.89. The first-order chi connectivity index (χ1) is 8.63. The van der Waals surface area contributed by atoms with Crippen molar-refractivity contribution in [3.8, 4) is 11.3 Å². The summed E-state index contributed by atoms with van der Waals surface area (Å²) >= 11 is 0. The van der Waals surface area contributed by atoms with Crippen LogP contribution < -0.4 is 0 Å². The van der Waals surface area contributed by atoms with Crippen molar-refractivity contribution in [2.24, 2.45) is 0 Å². The van der Waals surface area contributed by atoms with Crippen LogP contribution in [-0.4, -0.2) is 26.1 Å². The topological polar surface area (TPSA) is 68.0 Å². The van der Waals surface area contributed by atoms with Gasteiger partial charge in [-0.2, -0.15) is 0 Å². The maximum absolute atomic E-state index is 12.9. The molecule has 0 amide bonds. The van der Waals surface area contributed by atoms with Crippen LogP contribution in [0.25, 0.3) is 11.3 Å². The fourth-order valence-corrected chi connectivity index (χ4v) is 1.60. The number of hydrogen-bond acceptors (Lipinski definition) is 3. The standard InChI is InChI=1S/C12H10FN3O2/c1-2-7-16-11(10(12(17)18)14-15-16)8-3-5-9(13)6-4-8/h2-6H,1,7H2,(H,17,18). The molecule has 18 heavy (non-hydrogen) atoms. The SMILES string of the molecule is C=CCn1nnc(C(=O)O)c1-c1ccc(F)cc1. The molecule has 0 aliphatic rings. The van der Waals surface area contributed by atoms with Crippen LogP contribution in [0.1, 0.15) is 10.5 Å².